The molecule has 7 rings (SSSR count). The van der Waals surface area contributed by atoms with E-state index in [1.807, 2.05) is 12.1 Å². The molecule has 40 heavy (non-hydrogen) atoms. The third-order valence-corrected chi connectivity index (χ3v) is 7.16. The highest BCUT2D eigenvalue weighted by Gasteiger charge is 2.37. The Balaban J connectivity index is 1.31. The summed E-state index contributed by atoms with van der Waals surface area (Å²) in [5.41, 5.74) is 3.29. The molecule has 3 heterocycles. The Hall–Kier alpha value is -5.64. The first-order chi connectivity index (χ1) is 19.4. The molecule has 0 atom stereocenters. The summed E-state index contributed by atoms with van der Waals surface area (Å²) < 4.78 is 0. The first kappa shape index (κ1) is 23.5. The molecule has 1 N–H and O–H groups in total. The molecular formula is C30H19N5O5. The molecule has 5 aromatic rings. The molecule has 0 aliphatic carbocycles. The van der Waals surface area contributed by atoms with Crippen LogP contribution in [0.15, 0.2) is 84.9 Å². The zero-order valence-corrected chi connectivity index (χ0v) is 20.8. The zero-order chi connectivity index (χ0) is 27.5. The van der Waals surface area contributed by atoms with Crippen molar-refractivity contribution in [3.63, 3.8) is 0 Å². The van der Waals surface area contributed by atoms with Crippen LogP contribution in [0.1, 0.15) is 52.6 Å². The van der Waals surface area contributed by atoms with E-state index in [4.69, 9.17) is 0 Å². The summed E-state index contributed by atoms with van der Waals surface area (Å²) in [6, 6.07) is 23.5. The van der Waals surface area contributed by atoms with Crippen LogP contribution in [0.5, 0.6) is 5.75 Å². The lowest BCUT2D eigenvalue weighted by molar-refractivity contribution is 0.0629. The Labute approximate surface area is 226 Å². The van der Waals surface area contributed by atoms with Crippen LogP contribution in [0.3, 0.4) is 0 Å². The molecule has 0 saturated carbocycles. The number of carbonyl (C=O) groups is 4. The summed E-state index contributed by atoms with van der Waals surface area (Å²) in [6.45, 7) is -0.336. The average Bonchev–Trinajstić information content (AvgIpc) is 3.59. The molecule has 0 spiro atoms. The van der Waals surface area contributed by atoms with E-state index in [0.29, 0.717) is 27.7 Å². The zero-order valence-electron chi connectivity index (χ0n) is 20.8. The lowest BCUT2D eigenvalue weighted by Gasteiger charge is -2.19. The first-order valence-electron chi connectivity index (χ1n) is 12.5. The van der Waals surface area contributed by atoms with Gasteiger partial charge in [0.05, 0.1) is 35.3 Å². The number of fused-ring (bicyclic) bond motifs is 3. The largest absolute Gasteiger partial charge is 0.505 e. The van der Waals surface area contributed by atoms with Crippen molar-refractivity contribution in [2.75, 3.05) is 0 Å². The van der Waals surface area contributed by atoms with Crippen molar-refractivity contribution in [2.24, 2.45) is 0 Å². The van der Waals surface area contributed by atoms with Gasteiger partial charge in [0.1, 0.15) is 22.5 Å². The standard InChI is InChI=1S/C30H19N5O5/c36-26-18(16-34-29(39)21-9-3-4-10-22(21)30(34)40)13-17(14-25(26)35-31-23-11-5-6-12-24(23)32-35)15-33-27(37)19-7-1-2-8-20(19)28(33)38/h1-14,36H,15-16H2. The summed E-state index contributed by atoms with van der Waals surface area (Å²) in [7, 11) is 0. The molecule has 0 saturated heterocycles. The number of rotatable bonds is 5. The molecular weight excluding hydrogens is 510 g/mol. The fourth-order valence-electron chi connectivity index (χ4n) is 5.19. The molecule has 0 unspecified atom stereocenters. The van der Waals surface area contributed by atoms with Crippen molar-refractivity contribution in [1.82, 2.24) is 24.8 Å². The van der Waals surface area contributed by atoms with E-state index < -0.39 is 23.6 Å². The van der Waals surface area contributed by atoms with Gasteiger partial charge in [0.2, 0.25) is 0 Å². The molecule has 194 valence electrons. The van der Waals surface area contributed by atoms with Crippen LogP contribution in [-0.4, -0.2) is 53.5 Å². The highest BCUT2D eigenvalue weighted by molar-refractivity contribution is 6.22. The predicted octanol–water partition coefficient (Wildman–Crippen LogP) is 3.72. The average molecular weight is 530 g/mol. The van der Waals surface area contributed by atoms with E-state index in [-0.39, 0.29) is 41.2 Å². The Morgan fingerprint density at radius 2 is 1.00 bits per heavy atom. The Morgan fingerprint density at radius 3 is 1.48 bits per heavy atom. The highest BCUT2D eigenvalue weighted by atomic mass is 16.3. The minimum absolute atomic E-state index is 0.102. The van der Waals surface area contributed by atoms with Crippen LogP contribution in [0.2, 0.25) is 0 Å². The van der Waals surface area contributed by atoms with Gasteiger partial charge in [0.15, 0.2) is 0 Å². The second kappa shape index (κ2) is 8.70. The van der Waals surface area contributed by atoms with Crippen molar-refractivity contribution in [2.45, 2.75) is 13.1 Å². The van der Waals surface area contributed by atoms with Crippen LogP contribution in [0.4, 0.5) is 0 Å². The lowest BCUT2D eigenvalue weighted by atomic mass is 10.1. The van der Waals surface area contributed by atoms with Crippen LogP contribution >= 0.6 is 0 Å². The van der Waals surface area contributed by atoms with Gasteiger partial charge in [-0.2, -0.15) is 0 Å². The molecule has 2 aliphatic rings. The van der Waals surface area contributed by atoms with Crippen LogP contribution in [-0.2, 0) is 13.1 Å². The minimum Gasteiger partial charge on any atom is -0.505 e. The van der Waals surface area contributed by atoms with Gasteiger partial charge >= 0.3 is 0 Å². The molecule has 4 amide bonds. The van der Waals surface area contributed by atoms with E-state index in [9.17, 15) is 24.3 Å². The van der Waals surface area contributed by atoms with E-state index in [2.05, 4.69) is 10.2 Å². The van der Waals surface area contributed by atoms with Gasteiger partial charge < -0.3 is 5.11 Å². The molecule has 2 aliphatic heterocycles. The second-order valence-electron chi connectivity index (χ2n) is 9.58. The van der Waals surface area contributed by atoms with Crippen molar-refractivity contribution >= 4 is 34.7 Å². The van der Waals surface area contributed by atoms with Gasteiger partial charge in [0.25, 0.3) is 23.6 Å². The molecule has 4 aromatic carbocycles. The Bertz CT molecular complexity index is 1820. The fourth-order valence-corrected chi connectivity index (χ4v) is 5.19. The maximum absolute atomic E-state index is 13.1. The molecule has 10 nitrogen and oxygen atoms in total. The first-order valence-corrected chi connectivity index (χ1v) is 12.5. The number of benzene rings is 4. The number of imide groups is 2. The summed E-state index contributed by atoms with van der Waals surface area (Å²) in [6.07, 6.45) is 0. The molecule has 0 fully saturated rings. The van der Waals surface area contributed by atoms with Gasteiger partial charge in [-0.25, -0.2) is 0 Å². The van der Waals surface area contributed by atoms with Crippen LogP contribution in [0, 0.1) is 0 Å². The second-order valence-corrected chi connectivity index (χ2v) is 9.58. The lowest BCUT2D eigenvalue weighted by Crippen LogP contribution is -2.30. The number of nitrogens with zero attached hydrogens (tertiary/aromatic N) is 5. The molecule has 0 bridgehead atoms. The quantitative estimate of drug-likeness (QED) is 0.344. The number of phenolic OH excluding ortho intramolecular Hbond substituents is 1. The SMILES string of the molecule is O=C1c2ccccc2C(=O)N1Cc1cc(CN2C(=O)c3ccccc3C2=O)c(O)c(-n2nc3ccccc3n2)c1. The van der Waals surface area contributed by atoms with Crippen LogP contribution in [0.25, 0.3) is 16.7 Å². The smallest absolute Gasteiger partial charge is 0.261 e. The normalized spacial score (nSPS) is 14.4. The molecule has 0 radical (unpaired) electrons. The topological polar surface area (TPSA) is 126 Å². The van der Waals surface area contributed by atoms with Crippen LogP contribution < -0.4 is 0 Å². The number of aromatic nitrogens is 3. The third kappa shape index (κ3) is 3.50. The number of aromatic hydroxyl groups is 1. The maximum atomic E-state index is 13.1. The van der Waals surface area contributed by atoms with Gasteiger partial charge in [-0.05, 0) is 54.1 Å². The summed E-state index contributed by atoms with van der Waals surface area (Å²) in [5, 5.41) is 20.3. The Morgan fingerprint density at radius 1 is 0.575 bits per heavy atom. The number of amides is 4. The predicted molar refractivity (Wildman–Crippen MR) is 142 cm³/mol. The van der Waals surface area contributed by atoms with Crippen molar-refractivity contribution < 1.29 is 24.3 Å². The Kier molecular flexibility index (Phi) is 5.11. The van der Waals surface area contributed by atoms with Gasteiger partial charge in [-0.3, -0.25) is 29.0 Å². The fraction of sp³-hybridized carbons (Fsp3) is 0.0667. The van der Waals surface area contributed by atoms with Crippen molar-refractivity contribution in [3.8, 4) is 11.4 Å². The van der Waals surface area contributed by atoms with Gasteiger partial charge in [-0.1, -0.05) is 36.4 Å². The maximum Gasteiger partial charge on any atom is 0.261 e. The van der Waals surface area contributed by atoms with Crippen molar-refractivity contribution in [3.05, 3.63) is 118 Å². The molecule has 10 heteroatoms. The third-order valence-electron chi connectivity index (χ3n) is 7.16. The monoisotopic (exact) mass is 529 g/mol. The number of hydrogen-bond acceptors (Lipinski definition) is 7. The van der Waals surface area contributed by atoms with Gasteiger partial charge in [0, 0.05) is 5.56 Å². The van der Waals surface area contributed by atoms with Gasteiger partial charge in [-0.15, -0.1) is 15.0 Å². The summed E-state index contributed by atoms with van der Waals surface area (Å²) in [4.78, 5) is 55.7. The number of phenols is 1. The van der Waals surface area contributed by atoms with Crippen molar-refractivity contribution in [1.29, 1.82) is 0 Å². The number of hydrogen-bond donors (Lipinski definition) is 1. The van der Waals surface area contributed by atoms with E-state index >= 15 is 0 Å². The summed E-state index contributed by atoms with van der Waals surface area (Å²) >= 11 is 0. The molecule has 1 aromatic heterocycles. The number of carbonyl (C=O) groups excluding carboxylic acids is 4. The van der Waals surface area contributed by atoms with E-state index in [1.54, 1.807) is 72.8 Å². The minimum atomic E-state index is -0.477. The highest BCUT2D eigenvalue weighted by Crippen LogP contribution is 2.33. The summed E-state index contributed by atoms with van der Waals surface area (Å²) in [5.74, 6) is -2.05. The van der Waals surface area contributed by atoms with E-state index in [1.165, 1.54) is 4.80 Å². The van der Waals surface area contributed by atoms with E-state index in [0.717, 1.165) is 9.80 Å².